The van der Waals surface area contributed by atoms with E-state index in [1.807, 2.05) is 58.3 Å². The van der Waals surface area contributed by atoms with E-state index in [-0.39, 0.29) is 24.0 Å². The molecule has 2 aliphatic heterocycles. The maximum atomic E-state index is 13.3. The molecule has 2 aromatic rings. The standard InChI is InChI=1S/C24H28ClN3O3/c1-2-20-16-28(21-8-3-4-9-22(21)31-20)24(30)27-12-10-18(11-13-27)23(29)26-15-17-6-5-7-19(25)14-17/h3-9,14,18,20H,2,10-13,15-16H2,1H3,(H,26,29)/t20-/m0/s1. The quantitative estimate of drug-likeness (QED) is 0.761. The molecular weight excluding hydrogens is 414 g/mol. The van der Waals surface area contributed by atoms with Crippen molar-refractivity contribution in [2.45, 2.75) is 38.8 Å². The van der Waals surface area contributed by atoms with Crippen LogP contribution in [-0.4, -0.2) is 42.6 Å². The number of ether oxygens (including phenoxy) is 1. The van der Waals surface area contributed by atoms with E-state index in [4.69, 9.17) is 16.3 Å². The van der Waals surface area contributed by atoms with Gasteiger partial charge in [-0.3, -0.25) is 9.69 Å². The van der Waals surface area contributed by atoms with Crippen LogP contribution in [0.4, 0.5) is 10.5 Å². The van der Waals surface area contributed by atoms with Crippen LogP contribution in [0, 0.1) is 5.92 Å². The van der Waals surface area contributed by atoms with Gasteiger partial charge in [0.15, 0.2) is 0 Å². The number of nitrogens with one attached hydrogen (secondary N) is 1. The number of para-hydroxylation sites is 2. The largest absolute Gasteiger partial charge is 0.486 e. The molecule has 6 nitrogen and oxygen atoms in total. The minimum Gasteiger partial charge on any atom is -0.486 e. The first-order chi connectivity index (χ1) is 15.0. The van der Waals surface area contributed by atoms with Gasteiger partial charge < -0.3 is 15.0 Å². The number of urea groups is 1. The van der Waals surface area contributed by atoms with E-state index in [0.717, 1.165) is 23.4 Å². The van der Waals surface area contributed by atoms with E-state index < -0.39 is 0 Å². The van der Waals surface area contributed by atoms with Gasteiger partial charge in [0.2, 0.25) is 5.91 Å². The molecule has 0 aromatic heterocycles. The van der Waals surface area contributed by atoms with E-state index in [1.165, 1.54) is 0 Å². The summed E-state index contributed by atoms with van der Waals surface area (Å²) < 4.78 is 5.99. The lowest BCUT2D eigenvalue weighted by molar-refractivity contribution is -0.126. The van der Waals surface area contributed by atoms with Crippen LogP contribution in [0.5, 0.6) is 5.75 Å². The minimum atomic E-state index is -0.0800. The summed E-state index contributed by atoms with van der Waals surface area (Å²) in [5, 5.41) is 3.66. The maximum absolute atomic E-state index is 13.3. The number of anilines is 1. The Hall–Kier alpha value is -2.73. The van der Waals surface area contributed by atoms with Crippen molar-refractivity contribution in [2.24, 2.45) is 5.92 Å². The van der Waals surface area contributed by atoms with Gasteiger partial charge in [-0.05, 0) is 49.1 Å². The monoisotopic (exact) mass is 441 g/mol. The van der Waals surface area contributed by atoms with E-state index in [9.17, 15) is 9.59 Å². The second-order valence-corrected chi connectivity index (χ2v) is 8.55. The van der Waals surface area contributed by atoms with Gasteiger partial charge in [-0.15, -0.1) is 0 Å². The average Bonchev–Trinajstić information content (AvgIpc) is 2.81. The van der Waals surface area contributed by atoms with Gasteiger partial charge in [0.25, 0.3) is 0 Å². The summed E-state index contributed by atoms with van der Waals surface area (Å²) in [5.74, 6) is 0.711. The molecule has 0 saturated carbocycles. The zero-order valence-corrected chi connectivity index (χ0v) is 18.5. The third-order valence-electron chi connectivity index (χ3n) is 6.01. The van der Waals surface area contributed by atoms with Gasteiger partial charge in [-0.2, -0.15) is 0 Å². The second kappa shape index (κ2) is 9.60. The van der Waals surface area contributed by atoms with Gasteiger partial charge in [0.05, 0.1) is 12.2 Å². The molecule has 1 fully saturated rings. The first-order valence-electron chi connectivity index (χ1n) is 10.9. The van der Waals surface area contributed by atoms with Crippen LogP contribution in [0.15, 0.2) is 48.5 Å². The van der Waals surface area contributed by atoms with Gasteiger partial charge in [0, 0.05) is 30.6 Å². The van der Waals surface area contributed by atoms with Crippen molar-refractivity contribution < 1.29 is 14.3 Å². The highest BCUT2D eigenvalue weighted by Gasteiger charge is 2.34. The first-order valence-corrected chi connectivity index (χ1v) is 11.3. The minimum absolute atomic E-state index is 0.00587. The number of amides is 3. The Labute approximate surface area is 188 Å². The van der Waals surface area contributed by atoms with E-state index in [1.54, 1.807) is 0 Å². The number of hydrogen-bond acceptors (Lipinski definition) is 3. The van der Waals surface area contributed by atoms with Crippen LogP contribution in [-0.2, 0) is 11.3 Å². The third kappa shape index (κ3) is 4.96. The Morgan fingerprint density at radius 3 is 2.65 bits per heavy atom. The van der Waals surface area contributed by atoms with Crippen LogP contribution in [0.25, 0.3) is 0 Å². The molecule has 31 heavy (non-hydrogen) atoms. The van der Waals surface area contributed by atoms with E-state index >= 15 is 0 Å². The van der Waals surface area contributed by atoms with Crippen molar-refractivity contribution >= 4 is 29.2 Å². The molecule has 164 valence electrons. The highest BCUT2D eigenvalue weighted by atomic mass is 35.5. The summed E-state index contributed by atoms with van der Waals surface area (Å²) >= 11 is 6.01. The molecule has 1 N–H and O–H groups in total. The van der Waals surface area contributed by atoms with Gasteiger partial charge in [-0.25, -0.2) is 4.79 Å². The molecule has 0 unspecified atom stereocenters. The van der Waals surface area contributed by atoms with E-state index in [0.29, 0.717) is 44.0 Å². The Morgan fingerprint density at radius 1 is 1.13 bits per heavy atom. The number of nitrogens with zero attached hydrogens (tertiary/aromatic N) is 2. The lowest BCUT2D eigenvalue weighted by Crippen LogP contribution is -2.52. The highest BCUT2D eigenvalue weighted by Crippen LogP contribution is 2.35. The molecule has 0 spiro atoms. The first kappa shape index (κ1) is 21.5. The third-order valence-corrected chi connectivity index (χ3v) is 6.25. The van der Waals surface area contributed by atoms with Crippen LogP contribution in [0.1, 0.15) is 31.7 Å². The maximum Gasteiger partial charge on any atom is 0.324 e. The Balaban J connectivity index is 1.33. The van der Waals surface area contributed by atoms with Crippen LogP contribution in [0.3, 0.4) is 0 Å². The smallest absolute Gasteiger partial charge is 0.324 e. The molecule has 0 bridgehead atoms. The lowest BCUT2D eigenvalue weighted by atomic mass is 9.96. The Kier molecular flexibility index (Phi) is 6.66. The average molecular weight is 442 g/mol. The van der Waals surface area contributed by atoms with Crippen LogP contribution < -0.4 is 15.0 Å². The summed E-state index contributed by atoms with van der Waals surface area (Å²) in [7, 11) is 0. The highest BCUT2D eigenvalue weighted by molar-refractivity contribution is 6.30. The summed E-state index contributed by atoms with van der Waals surface area (Å²) in [6, 6.07) is 15.2. The molecular formula is C24H28ClN3O3. The van der Waals surface area contributed by atoms with Gasteiger partial charge in [0.1, 0.15) is 11.9 Å². The molecule has 2 aliphatic rings. The summed E-state index contributed by atoms with van der Waals surface area (Å²) in [6.07, 6.45) is 2.16. The second-order valence-electron chi connectivity index (χ2n) is 8.12. The van der Waals surface area contributed by atoms with Crippen LogP contribution in [0.2, 0.25) is 5.02 Å². The Morgan fingerprint density at radius 2 is 1.90 bits per heavy atom. The lowest BCUT2D eigenvalue weighted by Gasteiger charge is -2.39. The molecule has 0 aliphatic carbocycles. The zero-order valence-electron chi connectivity index (χ0n) is 17.7. The predicted octanol–water partition coefficient (Wildman–Crippen LogP) is 4.47. The molecule has 0 radical (unpaired) electrons. The topological polar surface area (TPSA) is 61.9 Å². The summed E-state index contributed by atoms with van der Waals surface area (Å²) in [6.45, 7) is 4.22. The van der Waals surface area contributed by atoms with Crippen molar-refractivity contribution in [3.05, 3.63) is 59.1 Å². The van der Waals surface area contributed by atoms with E-state index in [2.05, 4.69) is 12.2 Å². The molecule has 3 amide bonds. The molecule has 2 aromatic carbocycles. The van der Waals surface area contributed by atoms with Crippen molar-refractivity contribution in [3.63, 3.8) is 0 Å². The van der Waals surface area contributed by atoms with Crippen molar-refractivity contribution in [1.82, 2.24) is 10.2 Å². The van der Waals surface area contributed by atoms with Crippen LogP contribution >= 0.6 is 11.6 Å². The number of piperidine rings is 1. The van der Waals surface area contributed by atoms with Crippen molar-refractivity contribution in [2.75, 3.05) is 24.5 Å². The number of carbonyl (C=O) groups is 2. The SMILES string of the molecule is CC[C@H]1CN(C(=O)N2CCC(C(=O)NCc3cccc(Cl)c3)CC2)c2ccccc2O1. The summed E-state index contributed by atoms with van der Waals surface area (Å²) in [5.41, 5.74) is 1.79. The summed E-state index contributed by atoms with van der Waals surface area (Å²) in [4.78, 5) is 29.6. The number of benzene rings is 2. The number of carbonyl (C=O) groups excluding carboxylic acids is 2. The molecule has 1 saturated heterocycles. The zero-order chi connectivity index (χ0) is 21.8. The number of hydrogen-bond donors (Lipinski definition) is 1. The Bertz CT molecular complexity index is 943. The number of fused-ring (bicyclic) bond motifs is 1. The fraction of sp³-hybridized carbons (Fsp3) is 0.417. The molecule has 1 atom stereocenters. The number of halogens is 1. The van der Waals surface area contributed by atoms with Crippen molar-refractivity contribution in [3.8, 4) is 5.75 Å². The number of rotatable bonds is 4. The fourth-order valence-electron chi connectivity index (χ4n) is 4.18. The molecule has 4 rings (SSSR count). The molecule has 2 heterocycles. The molecule has 7 heteroatoms. The number of likely N-dealkylation sites (tertiary alicyclic amines) is 1. The van der Waals surface area contributed by atoms with Crippen molar-refractivity contribution in [1.29, 1.82) is 0 Å². The normalized spacial score (nSPS) is 18.8. The van der Waals surface area contributed by atoms with Gasteiger partial charge in [-0.1, -0.05) is 42.8 Å². The fourth-order valence-corrected chi connectivity index (χ4v) is 4.39. The predicted molar refractivity (Wildman–Crippen MR) is 121 cm³/mol. The van der Waals surface area contributed by atoms with Gasteiger partial charge >= 0.3 is 6.03 Å².